The summed E-state index contributed by atoms with van der Waals surface area (Å²) in [6, 6.07) is 22.2. The van der Waals surface area contributed by atoms with Gasteiger partial charge < -0.3 is 10.1 Å². The maximum Gasteiger partial charge on any atom is 0.255 e. The lowest BCUT2D eigenvalue weighted by Crippen LogP contribution is -2.12. The molecule has 0 unspecified atom stereocenters. The highest BCUT2D eigenvalue weighted by Gasteiger charge is 2.11. The number of nitriles is 1. The smallest absolute Gasteiger partial charge is 0.255 e. The molecule has 0 saturated carbocycles. The molecule has 0 aliphatic carbocycles. The fraction of sp³-hybridized carbons (Fsp3) is 0.0455. The number of hydrogen-bond acceptors (Lipinski definition) is 4. The SMILES string of the molecule is COc1cc(C(=O)Nc2cccc(-n3cnc4ccccc43)c2)ccc1C#N. The molecule has 1 N–H and O–H groups in total. The molecule has 0 radical (unpaired) electrons. The molecule has 136 valence electrons. The summed E-state index contributed by atoms with van der Waals surface area (Å²) in [7, 11) is 1.47. The average molecular weight is 368 g/mol. The van der Waals surface area contributed by atoms with E-state index in [0.29, 0.717) is 22.6 Å². The van der Waals surface area contributed by atoms with E-state index in [1.807, 2.05) is 59.2 Å². The van der Waals surface area contributed by atoms with Crippen LogP contribution in [0.2, 0.25) is 0 Å². The molecule has 0 aliphatic heterocycles. The van der Waals surface area contributed by atoms with Gasteiger partial charge in [-0.1, -0.05) is 18.2 Å². The molecule has 0 fully saturated rings. The molecular weight excluding hydrogens is 352 g/mol. The van der Waals surface area contributed by atoms with Gasteiger partial charge in [-0.2, -0.15) is 5.26 Å². The van der Waals surface area contributed by atoms with E-state index in [9.17, 15) is 4.79 Å². The van der Waals surface area contributed by atoms with Crippen molar-refractivity contribution < 1.29 is 9.53 Å². The van der Waals surface area contributed by atoms with Crippen LogP contribution in [0.3, 0.4) is 0 Å². The Morgan fingerprint density at radius 2 is 1.96 bits per heavy atom. The number of fused-ring (bicyclic) bond motifs is 1. The molecule has 0 aliphatic rings. The van der Waals surface area contributed by atoms with Crippen molar-refractivity contribution in [2.24, 2.45) is 0 Å². The molecule has 1 aromatic heterocycles. The van der Waals surface area contributed by atoms with E-state index >= 15 is 0 Å². The second kappa shape index (κ2) is 7.25. The Labute approximate surface area is 161 Å². The van der Waals surface area contributed by atoms with Crippen LogP contribution in [0.15, 0.2) is 73.1 Å². The molecule has 4 aromatic rings. The van der Waals surface area contributed by atoms with Crippen molar-refractivity contribution in [2.75, 3.05) is 12.4 Å². The van der Waals surface area contributed by atoms with Gasteiger partial charge in [0.15, 0.2) is 0 Å². The molecule has 3 aromatic carbocycles. The highest BCUT2D eigenvalue weighted by Crippen LogP contribution is 2.22. The molecule has 1 heterocycles. The van der Waals surface area contributed by atoms with Crippen molar-refractivity contribution in [1.29, 1.82) is 5.26 Å². The first-order chi connectivity index (χ1) is 13.7. The third-order valence-corrected chi connectivity index (χ3v) is 4.42. The minimum atomic E-state index is -0.282. The van der Waals surface area contributed by atoms with E-state index in [1.54, 1.807) is 24.5 Å². The van der Waals surface area contributed by atoms with Crippen LogP contribution in [-0.4, -0.2) is 22.6 Å². The first-order valence-electron chi connectivity index (χ1n) is 8.61. The number of para-hydroxylation sites is 2. The van der Waals surface area contributed by atoms with Crippen LogP contribution >= 0.6 is 0 Å². The summed E-state index contributed by atoms with van der Waals surface area (Å²) in [6.07, 6.45) is 1.76. The van der Waals surface area contributed by atoms with Gasteiger partial charge in [-0.3, -0.25) is 9.36 Å². The number of nitrogens with zero attached hydrogens (tertiary/aromatic N) is 3. The Kier molecular flexibility index (Phi) is 4.48. The molecule has 0 atom stereocenters. The van der Waals surface area contributed by atoms with Crippen LogP contribution in [0, 0.1) is 11.3 Å². The van der Waals surface area contributed by atoms with Gasteiger partial charge in [-0.25, -0.2) is 4.98 Å². The maximum atomic E-state index is 12.6. The van der Waals surface area contributed by atoms with Crippen molar-refractivity contribution >= 4 is 22.6 Å². The van der Waals surface area contributed by atoms with Gasteiger partial charge in [0.25, 0.3) is 5.91 Å². The number of ether oxygens (including phenoxy) is 1. The first kappa shape index (κ1) is 17.3. The molecule has 0 saturated heterocycles. The number of anilines is 1. The predicted molar refractivity (Wildman–Crippen MR) is 107 cm³/mol. The van der Waals surface area contributed by atoms with Crippen molar-refractivity contribution in [3.8, 4) is 17.5 Å². The van der Waals surface area contributed by atoms with Crippen molar-refractivity contribution in [3.05, 3.63) is 84.2 Å². The van der Waals surface area contributed by atoms with E-state index in [1.165, 1.54) is 7.11 Å². The topological polar surface area (TPSA) is 79.9 Å². The third kappa shape index (κ3) is 3.17. The van der Waals surface area contributed by atoms with Crippen LogP contribution in [-0.2, 0) is 0 Å². The number of nitrogens with one attached hydrogen (secondary N) is 1. The van der Waals surface area contributed by atoms with E-state index in [0.717, 1.165) is 16.7 Å². The Hall–Kier alpha value is -4.11. The molecule has 0 spiro atoms. The summed E-state index contributed by atoms with van der Waals surface area (Å²) in [4.78, 5) is 17.0. The van der Waals surface area contributed by atoms with E-state index in [4.69, 9.17) is 10.00 Å². The van der Waals surface area contributed by atoms with Gasteiger partial charge in [-0.05, 0) is 48.5 Å². The number of hydrogen-bond donors (Lipinski definition) is 1. The van der Waals surface area contributed by atoms with Crippen LogP contribution in [0.4, 0.5) is 5.69 Å². The van der Waals surface area contributed by atoms with Crippen LogP contribution in [0.25, 0.3) is 16.7 Å². The highest BCUT2D eigenvalue weighted by atomic mass is 16.5. The van der Waals surface area contributed by atoms with Crippen LogP contribution in [0.1, 0.15) is 15.9 Å². The second-order valence-corrected chi connectivity index (χ2v) is 6.13. The Morgan fingerprint density at radius 1 is 1.11 bits per heavy atom. The van der Waals surface area contributed by atoms with Gasteiger partial charge in [0, 0.05) is 16.9 Å². The van der Waals surface area contributed by atoms with E-state index in [-0.39, 0.29) is 5.91 Å². The Bertz CT molecular complexity index is 1220. The fourth-order valence-electron chi connectivity index (χ4n) is 3.03. The summed E-state index contributed by atoms with van der Waals surface area (Å²) in [5.74, 6) is 0.0872. The number of carbonyl (C=O) groups excluding carboxylic acids is 1. The summed E-state index contributed by atoms with van der Waals surface area (Å²) < 4.78 is 7.14. The molecule has 6 nitrogen and oxygen atoms in total. The number of carbonyl (C=O) groups is 1. The molecular formula is C22H16N4O2. The van der Waals surface area contributed by atoms with Crippen LogP contribution in [0.5, 0.6) is 5.75 Å². The number of imidazole rings is 1. The fourth-order valence-corrected chi connectivity index (χ4v) is 3.03. The normalized spacial score (nSPS) is 10.4. The largest absolute Gasteiger partial charge is 0.495 e. The average Bonchev–Trinajstić information content (AvgIpc) is 3.17. The van der Waals surface area contributed by atoms with E-state index < -0.39 is 0 Å². The number of benzene rings is 3. The minimum Gasteiger partial charge on any atom is -0.495 e. The van der Waals surface area contributed by atoms with Gasteiger partial charge in [0.2, 0.25) is 0 Å². The second-order valence-electron chi connectivity index (χ2n) is 6.13. The molecule has 28 heavy (non-hydrogen) atoms. The number of aromatic nitrogens is 2. The van der Waals surface area contributed by atoms with Crippen molar-refractivity contribution in [3.63, 3.8) is 0 Å². The monoisotopic (exact) mass is 368 g/mol. The third-order valence-electron chi connectivity index (χ3n) is 4.42. The van der Waals surface area contributed by atoms with E-state index in [2.05, 4.69) is 10.3 Å². The first-order valence-corrected chi connectivity index (χ1v) is 8.61. The standard InChI is InChI=1S/C22H16N4O2/c1-28-21-11-15(9-10-16(21)13-23)22(27)25-17-5-4-6-18(12-17)26-14-24-19-7-2-3-8-20(19)26/h2-12,14H,1H3,(H,25,27). The molecule has 4 rings (SSSR count). The number of methoxy groups -OCH3 is 1. The summed E-state index contributed by atoms with van der Waals surface area (Å²) in [5.41, 5.74) is 4.24. The summed E-state index contributed by atoms with van der Waals surface area (Å²) >= 11 is 0. The zero-order valence-corrected chi connectivity index (χ0v) is 15.1. The molecule has 1 amide bonds. The highest BCUT2D eigenvalue weighted by molar-refractivity contribution is 6.04. The van der Waals surface area contributed by atoms with Gasteiger partial charge >= 0.3 is 0 Å². The molecule has 6 heteroatoms. The van der Waals surface area contributed by atoms with Crippen molar-refractivity contribution in [2.45, 2.75) is 0 Å². The number of rotatable bonds is 4. The Morgan fingerprint density at radius 3 is 2.79 bits per heavy atom. The number of amides is 1. The van der Waals surface area contributed by atoms with Crippen molar-refractivity contribution in [1.82, 2.24) is 9.55 Å². The zero-order chi connectivity index (χ0) is 19.5. The quantitative estimate of drug-likeness (QED) is 0.587. The summed E-state index contributed by atoms with van der Waals surface area (Å²) in [5, 5.41) is 12.0. The lowest BCUT2D eigenvalue weighted by molar-refractivity contribution is 0.102. The summed E-state index contributed by atoms with van der Waals surface area (Å²) in [6.45, 7) is 0. The zero-order valence-electron chi connectivity index (χ0n) is 15.1. The molecule has 0 bridgehead atoms. The van der Waals surface area contributed by atoms with Gasteiger partial charge in [0.05, 0.1) is 23.7 Å². The Balaban J connectivity index is 1.62. The lowest BCUT2D eigenvalue weighted by Gasteiger charge is -2.10. The van der Waals surface area contributed by atoms with Gasteiger partial charge in [-0.15, -0.1) is 0 Å². The lowest BCUT2D eigenvalue weighted by atomic mass is 10.1. The predicted octanol–water partition coefficient (Wildman–Crippen LogP) is 4.16. The van der Waals surface area contributed by atoms with Gasteiger partial charge in [0.1, 0.15) is 18.1 Å². The maximum absolute atomic E-state index is 12.6. The van der Waals surface area contributed by atoms with Crippen LogP contribution < -0.4 is 10.1 Å². The minimum absolute atomic E-state index is 0.282.